The standard InChI is InChI=1S/C8H7ClO5S.C8H8O3.ClHO3S/c1-14-7-3-2-5(15(9,12)13)4-6(7)8(10)11;1-11-7-5-3-2-4-6(7)8(9)10;1-5(2,3)4/h2-4H,1H3,(H,10,11);2-5H,1H3,(H,9,10);(H,2,3,4). The van der Waals surface area contributed by atoms with Crippen molar-refractivity contribution >= 4 is 51.7 Å². The van der Waals surface area contributed by atoms with Crippen LogP contribution in [0, 0.1) is 0 Å². The molecule has 0 aromatic heterocycles. The summed E-state index contributed by atoms with van der Waals surface area (Å²) >= 11 is 0. The molecule has 0 atom stereocenters. The Kier molecular flexibility index (Phi) is 11.3. The van der Waals surface area contributed by atoms with Gasteiger partial charge in [-0.05, 0) is 30.3 Å². The van der Waals surface area contributed by atoms with Gasteiger partial charge in [-0.2, -0.15) is 8.42 Å². The fourth-order valence-electron chi connectivity index (χ4n) is 1.83. The molecule has 0 aliphatic rings. The number of carboxylic acid groups (broad SMARTS) is 2. The molecule has 0 aliphatic carbocycles. The third-order valence-corrected chi connectivity index (χ3v) is 4.37. The van der Waals surface area contributed by atoms with Crippen LogP contribution in [0.4, 0.5) is 0 Å². The first-order chi connectivity index (χ1) is 14.1. The molecule has 172 valence electrons. The number of carbonyl (C=O) groups is 2. The zero-order valence-electron chi connectivity index (χ0n) is 15.7. The van der Waals surface area contributed by atoms with Gasteiger partial charge < -0.3 is 19.7 Å². The van der Waals surface area contributed by atoms with Crippen molar-refractivity contribution in [3.63, 3.8) is 0 Å². The van der Waals surface area contributed by atoms with Gasteiger partial charge in [0.05, 0.1) is 19.1 Å². The number of ether oxygens (including phenoxy) is 2. The van der Waals surface area contributed by atoms with Crippen molar-refractivity contribution in [2.24, 2.45) is 0 Å². The van der Waals surface area contributed by atoms with E-state index in [0.29, 0.717) is 5.75 Å². The Hall–Kier alpha value is -2.58. The average molecular weight is 519 g/mol. The molecule has 0 heterocycles. The Morgan fingerprint density at radius 3 is 1.58 bits per heavy atom. The van der Waals surface area contributed by atoms with Crippen LogP contribution in [0.5, 0.6) is 11.5 Å². The van der Waals surface area contributed by atoms with E-state index in [2.05, 4.69) is 10.7 Å². The van der Waals surface area contributed by atoms with E-state index in [-0.39, 0.29) is 21.8 Å². The summed E-state index contributed by atoms with van der Waals surface area (Å²) in [5.41, 5.74) is -0.0609. The van der Waals surface area contributed by atoms with Gasteiger partial charge in [-0.15, -0.1) is 0 Å². The van der Waals surface area contributed by atoms with Gasteiger partial charge in [0.2, 0.25) is 0 Å². The second-order valence-electron chi connectivity index (χ2n) is 5.02. The molecular formula is C16H16Cl2O11S2. The predicted octanol–water partition coefficient (Wildman–Crippen LogP) is 2.74. The van der Waals surface area contributed by atoms with Crippen LogP contribution in [-0.2, 0) is 18.4 Å². The molecule has 0 spiro atoms. The fraction of sp³-hybridized carbons (Fsp3) is 0.125. The quantitative estimate of drug-likeness (QED) is 0.390. The number of hydrogen-bond acceptors (Lipinski definition) is 8. The Labute approximate surface area is 186 Å². The Balaban J connectivity index is 0.000000492. The smallest absolute Gasteiger partial charge is 0.353 e. The molecule has 0 fully saturated rings. The highest BCUT2D eigenvalue weighted by molar-refractivity contribution is 8.13. The first-order valence-corrected chi connectivity index (χ1v) is 12.1. The van der Waals surface area contributed by atoms with Crippen LogP contribution < -0.4 is 9.47 Å². The highest BCUT2D eigenvalue weighted by Crippen LogP contribution is 2.24. The number of para-hydroxylation sites is 1. The van der Waals surface area contributed by atoms with Crippen LogP contribution >= 0.6 is 21.4 Å². The minimum absolute atomic E-state index is 0.0755. The molecule has 0 aliphatic heterocycles. The molecule has 0 amide bonds. The summed E-state index contributed by atoms with van der Waals surface area (Å²) in [6, 6.07) is 9.86. The Morgan fingerprint density at radius 1 is 0.806 bits per heavy atom. The van der Waals surface area contributed by atoms with Crippen molar-refractivity contribution < 1.29 is 50.7 Å². The monoisotopic (exact) mass is 518 g/mol. The maximum Gasteiger partial charge on any atom is 0.353 e. The number of carboxylic acids is 2. The second-order valence-corrected chi connectivity index (χ2v) is 9.58. The summed E-state index contributed by atoms with van der Waals surface area (Å²) in [7, 11) is 3.74. The van der Waals surface area contributed by atoms with Crippen LogP contribution in [0.15, 0.2) is 47.4 Å². The van der Waals surface area contributed by atoms with Gasteiger partial charge >= 0.3 is 21.3 Å². The molecular weight excluding hydrogens is 503 g/mol. The van der Waals surface area contributed by atoms with Crippen molar-refractivity contribution in [3.8, 4) is 11.5 Å². The van der Waals surface area contributed by atoms with E-state index >= 15 is 0 Å². The summed E-state index contributed by atoms with van der Waals surface area (Å²) in [4.78, 5) is 21.0. The Morgan fingerprint density at radius 2 is 1.23 bits per heavy atom. The highest BCUT2D eigenvalue weighted by Gasteiger charge is 2.17. The van der Waals surface area contributed by atoms with Gasteiger partial charge in [0.15, 0.2) is 0 Å². The molecule has 2 aromatic carbocycles. The lowest BCUT2D eigenvalue weighted by Gasteiger charge is -2.05. The third kappa shape index (κ3) is 11.4. The Bertz CT molecular complexity index is 1120. The SMILES string of the molecule is COc1ccc(S(=O)(=O)Cl)cc1C(=O)O.COc1ccccc1C(=O)O.O=S(=O)(O)Cl. The number of aromatic carboxylic acids is 2. The molecule has 0 unspecified atom stereocenters. The highest BCUT2D eigenvalue weighted by atomic mass is 35.7. The summed E-state index contributed by atoms with van der Waals surface area (Å²) < 4.78 is 56.6. The minimum Gasteiger partial charge on any atom is -0.496 e. The summed E-state index contributed by atoms with van der Waals surface area (Å²) in [5.74, 6) is -1.79. The zero-order chi connectivity index (χ0) is 24.4. The molecule has 0 saturated heterocycles. The molecule has 3 N–H and O–H groups in total. The number of methoxy groups -OCH3 is 2. The first kappa shape index (κ1) is 28.4. The van der Waals surface area contributed by atoms with E-state index in [4.69, 9.17) is 43.3 Å². The van der Waals surface area contributed by atoms with Crippen LogP contribution in [0.1, 0.15) is 20.7 Å². The van der Waals surface area contributed by atoms with E-state index in [0.717, 1.165) is 6.07 Å². The van der Waals surface area contributed by atoms with Gasteiger partial charge in [-0.1, -0.05) is 12.1 Å². The normalized spacial score (nSPS) is 10.5. The number of hydrogen-bond donors (Lipinski definition) is 3. The molecule has 2 aromatic rings. The van der Waals surface area contributed by atoms with Crippen LogP contribution in [0.3, 0.4) is 0 Å². The topological polar surface area (TPSA) is 182 Å². The maximum absolute atomic E-state index is 10.9. The summed E-state index contributed by atoms with van der Waals surface area (Å²) in [6.07, 6.45) is 0. The van der Waals surface area contributed by atoms with Gasteiger partial charge in [0.1, 0.15) is 22.6 Å². The predicted molar refractivity (Wildman–Crippen MR) is 110 cm³/mol. The molecule has 0 saturated carbocycles. The zero-order valence-corrected chi connectivity index (χ0v) is 18.9. The van der Waals surface area contributed by atoms with Crippen LogP contribution in [0.2, 0.25) is 0 Å². The summed E-state index contributed by atoms with van der Waals surface area (Å²) in [5, 5.41) is 17.4. The second kappa shape index (κ2) is 12.3. The summed E-state index contributed by atoms with van der Waals surface area (Å²) in [6.45, 7) is 0. The van der Waals surface area contributed by atoms with Crippen LogP contribution in [0.25, 0.3) is 0 Å². The number of benzene rings is 2. The third-order valence-electron chi connectivity index (χ3n) is 3.02. The number of rotatable bonds is 5. The van der Waals surface area contributed by atoms with Crippen molar-refractivity contribution in [1.82, 2.24) is 0 Å². The van der Waals surface area contributed by atoms with E-state index in [1.54, 1.807) is 18.2 Å². The van der Waals surface area contributed by atoms with Crippen molar-refractivity contribution in [2.75, 3.05) is 14.2 Å². The van der Waals surface area contributed by atoms with E-state index < -0.39 is 30.3 Å². The molecule has 15 heteroatoms. The largest absolute Gasteiger partial charge is 0.496 e. The lowest BCUT2D eigenvalue weighted by molar-refractivity contribution is 0.0682. The molecule has 2 rings (SSSR count). The molecule has 0 bridgehead atoms. The maximum atomic E-state index is 10.9. The molecule has 31 heavy (non-hydrogen) atoms. The lowest BCUT2D eigenvalue weighted by atomic mass is 10.2. The average Bonchev–Trinajstić information content (AvgIpc) is 2.65. The van der Waals surface area contributed by atoms with Crippen molar-refractivity contribution in [2.45, 2.75) is 4.90 Å². The molecule has 0 radical (unpaired) electrons. The van der Waals surface area contributed by atoms with E-state index in [9.17, 15) is 18.0 Å². The minimum atomic E-state index is -4.19. The van der Waals surface area contributed by atoms with Crippen molar-refractivity contribution in [1.29, 1.82) is 0 Å². The fourth-order valence-corrected chi connectivity index (χ4v) is 2.60. The number of halogens is 2. The van der Waals surface area contributed by atoms with Crippen molar-refractivity contribution in [3.05, 3.63) is 53.6 Å². The van der Waals surface area contributed by atoms with Gasteiger partial charge in [-0.3, -0.25) is 4.55 Å². The van der Waals surface area contributed by atoms with Gasteiger partial charge in [-0.25, -0.2) is 18.0 Å². The van der Waals surface area contributed by atoms with Gasteiger partial charge in [0, 0.05) is 21.4 Å². The lowest BCUT2D eigenvalue weighted by Crippen LogP contribution is -2.02. The van der Waals surface area contributed by atoms with E-state index in [1.807, 2.05) is 0 Å². The van der Waals surface area contributed by atoms with E-state index in [1.165, 1.54) is 32.4 Å². The van der Waals surface area contributed by atoms with Crippen LogP contribution in [-0.4, -0.2) is 57.8 Å². The molecule has 11 nitrogen and oxygen atoms in total. The first-order valence-electron chi connectivity index (χ1n) is 7.51. The van der Waals surface area contributed by atoms with Gasteiger partial charge in [0.25, 0.3) is 9.05 Å².